The van der Waals surface area contributed by atoms with E-state index >= 15 is 0 Å². The van der Waals surface area contributed by atoms with Crippen molar-refractivity contribution >= 4 is 11.9 Å². The van der Waals surface area contributed by atoms with Gasteiger partial charge in [-0.3, -0.25) is 4.79 Å². The predicted octanol–water partition coefficient (Wildman–Crippen LogP) is 4.51. The highest BCUT2D eigenvalue weighted by Crippen LogP contribution is 2.34. The maximum atomic E-state index is 13.5. The van der Waals surface area contributed by atoms with E-state index in [4.69, 9.17) is 9.72 Å². The van der Waals surface area contributed by atoms with Gasteiger partial charge in [-0.25, -0.2) is 14.4 Å². The molecule has 6 nitrogen and oxygen atoms in total. The molecule has 0 unspecified atom stereocenters. The second-order valence-electron chi connectivity index (χ2n) is 8.44. The van der Waals surface area contributed by atoms with Crippen molar-refractivity contribution in [3.8, 4) is 11.1 Å². The molecule has 1 aliphatic rings. The van der Waals surface area contributed by atoms with Gasteiger partial charge in [-0.2, -0.15) is 0 Å². The van der Waals surface area contributed by atoms with Gasteiger partial charge in [0.05, 0.1) is 12.3 Å². The Morgan fingerprint density at radius 3 is 2.55 bits per heavy atom. The molecule has 1 fully saturated rings. The van der Waals surface area contributed by atoms with Crippen molar-refractivity contribution in [2.24, 2.45) is 0 Å². The number of anilines is 1. The fourth-order valence-corrected chi connectivity index (χ4v) is 4.08. The van der Waals surface area contributed by atoms with E-state index in [1.807, 2.05) is 55.1 Å². The van der Waals surface area contributed by atoms with Crippen molar-refractivity contribution in [3.05, 3.63) is 77.4 Å². The number of benzene rings is 2. The van der Waals surface area contributed by atoms with Crippen molar-refractivity contribution in [1.82, 2.24) is 14.9 Å². The van der Waals surface area contributed by atoms with Crippen LogP contribution in [0.15, 0.2) is 54.7 Å². The summed E-state index contributed by atoms with van der Waals surface area (Å²) in [6.07, 6.45) is 2.61. The summed E-state index contributed by atoms with van der Waals surface area (Å²) >= 11 is 0. The molecule has 0 N–H and O–H groups in total. The Bertz CT molecular complexity index is 1100. The van der Waals surface area contributed by atoms with Crippen LogP contribution >= 0.6 is 0 Å². The highest BCUT2D eigenvalue weighted by Gasteiger charge is 2.31. The Morgan fingerprint density at radius 1 is 1.15 bits per heavy atom. The number of carbonyl (C=O) groups is 1. The Labute approximate surface area is 194 Å². The SMILES string of the molecule is CCOCc1ccc(C(=O)N2CC[C@H](c3nc(N(C)C)ncc3-c3ccc(F)cc3)C2)cc1. The zero-order valence-electron chi connectivity index (χ0n) is 19.3. The third-order valence-corrected chi connectivity index (χ3v) is 5.90. The molecule has 2 heterocycles. The van der Waals surface area contributed by atoms with Crippen molar-refractivity contribution < 1.29 is 13.9 Å². The number of carbonyl (C=O) groups excluding carboxylic acids is 1. The minimum Gasteiger partial charge on any atom is -0.377 e. The summed E-state index contributed by atoms with van der Waals surface area (Å²) < 4.78 is 18.9. The van der Waals surface area contributed by atoms with E-state index in [0.29, 0.717) is 37.8 Å². The Hall–Kier alpha value is -3.32. The van der Waals surface area contributed by atoms with Crippen LogP contribution in [0.2, 0.25) is 0 Å². The normalized spacial score (nSPS) is 15.6. The van der Waals surface area contributed by atoms with Crippen molar-refractivity contribution in [1.29, 1.82) is 0 Å². The molecule has 1 atom stereocenters. The maximum Gasteiger partial charge on any atom is 0.253 e. The van der Waals surface area contributed by atoms with E-state index in [1.54, 1.807) is 18.3 Å². The molecule has 0 aliphatic carbocycles. The number of hydrogen-bond acceptors (Lipinski definition) is 5. The van der Waals surface area contributed by atoms with E-state index in [9.17, 15) is 9.18 Å². The topological polar surface area (TPSA) is 58.6 Å². The number of rotatable bonds is 7. The monoisotopic (exact) mass is 448 g/mol. The van der Waals surface area contributed by atoms with Gasteiger partial charge in [0.15, 0.2) is 0 Å². The number of ether oxygens (including phenoxy) is 1. The molecular formula is C26H29FN4O2. The average molecular weight is 449 g/mol. The molecule has 0 saturated carbocycles. The Morgan fingerprint density at radius 2 is 1.88 bits per heavy atom. The van der Waals surface area contributed by atoms with Gasteiger partial charge in [-0.1, -0.05) is 24.3 Å². The van der Waals surface area contributed by atoms with E-state index in [0.717, 1.165) is 28.8 Å². The Kier molecular flexibility index (Phi) is 6.99. The van der Waals surface area contributed by atoms with Gasteiger partial charge in [0.25, 0.3) is 5.91 Å². The van der Waals surface area contributed by atoms with Gasteiger partial charge < -0.3 is 14.5 Å². The average Bonchev–Trinajstić information content (AvgIpc) is 3.33. The zero-order valence-corrected chi connectivity index (χ0v) is 19.3. The van der Waals surface area contributed by atoms with Gasteiger partial charge >= 0.3 is 0 Å². The summed E-state index contributed by atoms with van der Waals surface area (Å²) in [5, 5.41) is 0. The molecule has 0 spiro atoms. The molecule has 7 heteroatoms. The fourth-order valence-electron chi connectivity index (χ4n) is 4.08. The second-order valence-corrected chi connectivity index (χ2v) is 8.44. The van der Waals surface area contributed by atoms with Crippen LogP contribution in [-0.2, 0) is 11.3 Å². The van der Waals surface area contributed by atoms with E-state index in [2.05, 4.69) is 4.98 Å². The van der Waals surface area contributed by atoms with Crippen LogP contribution in [0.3, 0.4) is 0 Å². The fraction of sp³-hybridized carbons (Fsp3) is 0.346. The number of aromatic nitrogens is 2. The van der Waals surface area contributed by atoms with Crippen LogP contribution in [-0.4, -0.2) is 54.6 Å². The zero-order chi connectivity index (χ0) is 23.4. The standard InChI is InChI=1S/C26H29FN4O2/c1-4-33-17-18-5-7-20(8-6-18)25(32)31-14-13-21(16-31)24-23(15-28-26(29-24)30(2)3)19-9-11-22(27)12-10-19/h5-12,15,21H,4,13-14,16-17H2,1-3H3/t21-/m0/s1. The predicted molar refractivity (Wildman–Crippen MR) is 127 cm³/mol. The Balaban J connectivity index is 1.56. The summed E-state index contributed by atoms with van der Waals surface area (Å²) in [5.41, 5.74) is 4.36. The maximum absolute atomic E-state index is 13.5. The van der Waals surface area contributed by atoms with E-state index in [-0.39, 0.29) is 17.6 Å². The molecule has 3 aromatic rings. The molecule has 1 aliphatic heterocycles. The molecule has 172 valence electrons. The smallest absolute Gasteiger partial charge is 0.253 e. The van der Waals surface area contributed by atoms with Gasteiger partial charge in [0.1, 0.15) is 5.82 Å². The highest BCUT2D eigenvalue weighted by atomic mass is 19.1. The van der Waals surface area contributed by atoms with Crippen LogP contribution < -0.4 is 4.90 Å². The lowest BCUT2D eigenvalue weighted by Crippen LogP contribution is -2.28. The summed E-state index contributed by atoms with van der Waals surface area (Å²) in [4.78, 5) is 26.2. The highest BCUT2D eigenvalue weighted by molar-refractivity contribution is 5.94. The number of amides is 1. The number of likely N-dealkylation sites (tertiary alicyclic amines) is 1. The molecule has 0 bridgehead atoms. The van der Waals surface area contributed by atoms with E-state index < -0.39 is 0 Å². The largest absolute Gasteiger partial charge is 0.377 e. The lowest BCUT2D eigenvalue weighted by Gasteiger charge is -2.20. The summed E-state index contributed by atoms with van der Waals surface area (Å²) in [5.74, 6) is 0.431. The van der Waals surface area contributed by atoms with Gasteiger partial charge in [0, 0.05) is 57.0 Å². The number of hydrogen-bond donors (Lipinski definition) is 0. The summed E-state index contributed by atoms with van der Waals surface area (Å²) in [7, 11) is 3.80. The van der Waals surface area contributed by atoms with E-state index in [1.165, 1.54) is 12.1 Å². The minimum atomic E-state index is -0.281. The summed E-state index contributed by atoms with van der Waals surface area (Å²) in [6.45, 7) is 4.41. The third kappa shape index (κ3) is 5.20. The van der Waals surface area contributed by atoms with Gasteiger partial charge in [-0.05, 0) is 48.7 Å². The molecule has 1 amide bonds. The number of halogens is 1. The quantitative estimate of drug-likeness (QED) is 0.532. The van der Waals surface area contributed by atoms with Gasteiger partial charge in [-0.15, -0.1) is 0 Å². The lowest BCUT2D eigenvalue weighted by molar-refractivity contribution is 0.0790. The molecular weight excluding hydrogens is 419 g/mol. The van der Waals surface area contributed by atoms with Crippen molar-refractivity contribution in [2.75, 3.05) is 38.7 Å². The molecule has 0 radical (unpaired) electrons. The van der Waals surface area contributed by atoms with Crippen LogP contribution in [0.25, 0.3) is 11.1 Å². The second kappa shape index (κ2) is 10.1. The molecule has 1 saturated heterocycles. The van der Waals surface area contributed by atoms with Crippen LogP contribution in [0.4, 0.5) is 10.3 Å². The summed E-state index contributed by atoms with van der Waals surface area (Å²) in [6, 6.07) is 14.0. The first-order chi connectivity index (χ1) is 16.0. The molecule has 4 rings (SSSR count). The lowest BCUT2D eigenvalue weighted by atomic mass is 9.96. The van der Waals surface area contributed by atoms with Crippen LogP contribution in [0.5, 0.6) is 0 Å². The molecule has 2 aromatic carbocycles. The van der Waals surface area contributed by atoms with Crippen LogP contribution in [0.1, 0.15) is 40.9 Å². The van der Waals surface area contributed by atoms with Crippen molar-refractivity contribution in [3.63, 3.8) is 0 Å². The van der Waals surface area contributed by atoms with Crippen molar-refractivity contribution in [2.45, 2.75) is 25.9 Å². The van der Waals surface area contributed by atoms with Crippen LogP contribution in [0, 0.1) is 5.82 Å². The third-order valence-electron chi connectivity index (χ3n) is 5.90. The van der Waals surface area contributed by atoms with Gasteiger partial charge in [0.2, 0.25) is 5.95 Å². The molecule has 33 heavy (non-hydrogen) atoms. The minimum absolute atomic E-state index is 0.0191. The first-order valence-corrected chi connectivity index (χ1v) is 11.2. The molecule has 1 aromatic heterocycles. The first kappa shape index (κ1) is 22.9. The first-order valence-electron chi connectivity index (χ1n) is 11.2. The number of nitrogens with zero attached hydrogens (tertiary/aromatic N) is 4.